The molecular formula is C25H32O3. The minimum Gasteiger partial charge on any atom is -0.388 e. The zero-order chi connectivity index (χ0) is 19.7. The van der Waals surface area contributed by atoms with Crippen LogP contribution >= 0.6 is 0 Å². The lowest BCUT2D eigenvalue weighted by Gasteiger charge is -2.65. The molecule has 0 unspecified atom stereocenters. The van der Waals surface area contributed by atoms with Gasteiger partial charge in [-0.2, -0.15) is 0 Å². The first-order valence-corrected chi connectivity index (χ1v) is 11.1. The monoisotopic (exact) mass is 380 g/mol. The molecule has 1 N–H and O–H groups in total. The fraction of sp³-hybridized carbons (Fsp3) is 0.680. The van der Waals surface area contributed by atoms with E-state index < -0.39 is 5.60 Å². The maximum atomic E-state index is 12.7. The number of fused-ring (bicyclic) bond motifs is 5. The molecule has 5 rings (SSSR count). The van der Waals surface area contributed by atoms with Crippen LogP contribution in [0.4, 0.5) is 0 Å². The summed E-state index contributed by atoms with van der Waals surface area (Å²) < 4.78 is 0. The first-order valence-electron chi connectivity index (χ1n) is 11.1. The Kier molecular flexibility index (Phi) is 3.98. The minimum atomic E-state index is -0.971. The van der Waals surface area contributed by atoms with Gasteiger partial charge in [0.2, 0.25) is 0 Å². The van der Waals surface area contributed by atoms with Gasteiger partial charge in [0.05, 0.1) is 5.60 Å². The van der Waals surface area contributed by atoms with Crippen molar-refractivity contribution in [1.82, 2.24) is 0 Å². The van der Waals surface area contributed by atoms with Gasteiger partial charge in [-0.25, -0.2) is 0 Å². The van der Waals surface area contributed by atoms with Gasteiger partial charge in [-0.05, 0) is 55.4 Å². The summed E-state index contributed by atoms with van der Waals surface area (Å²) >= 11 is 0. The Balaban J connectivity index is 1.63. The number of Topliss-reactive ketones (excluding diaryl/α,β-unsaturated/α-hetero) is 2. The van der Waals surface area contributed by atoms with Gasteiger partial charge in [0.25, 0.3) is 0 Å². The van der Waals surface area contributed by atoms with Gasteiger partial charge in [0, 0.05) is 36.0 Å². The molecular weight excluding hydrogens is 348 g/mol. The van der Waals surface area contributed by atoms with Crippen molar-refractivity contribution in [3.8, 4) is 0 Å². The molecule has 1 aromatic rings. The zero-order valence-corrected chi connectivity index (χ0v) is 17.1. The van der Waals surface area contributed by atoms with Crippen molar-refractivity contribution in [2.24, 2.45) is 28.6 Å². The summed E-state index contributed by atoms with van der Waals surface area (Å²) in [5, 5.41) is 12.1. The molecule has 4 saturated carbocycles. The molecule has 3 heteroatoms. The maximum absolute atomic E-state index is 12.7. The molecule has 0 aliphatic heterocycles. The summed E-state index contributed by atoms with van der Waals surface area (Å²) in [5.41, 5.74) is -0.238. The molecule has 0 heterocycles. The van der Waals surface area contributed by atoms with Crippen LogP contribution in [0.3, 0.4) is 0 Å². The molecule has 0 radical (unpaired) electrons. The number of benzene rings is 1. The molecule has 3 nitrogen and oxygen atoms in total. The van der Waals surface area contributed by atoms with Crippen molar-refractivity contribution in [3.63, 3.8) is 0 Å². The average Bonchev–Trinajstić information content (AvgIpc) is 2.98. The number of hydrogen-bond acceptors (Lipinski definition) is 3. The van der Waals surface area contributed by atoms with Crippen LogP contribution in [0.25, 0.3) is 0 Å². The maximum Gasteiger partial charge on any atom is 0.139 e. The minimum absolute atomic E-state index is 0.0257. The Hall–Kier alpha value is -1.48. The average molecular weight is 381 g/mol. The largest absolute Gasteiger partial charge is 0.388 e. The fourth-order valence-corrected chi connectivity index (χ4v) is 7.98. The molecule has 0 bridgehead atoms. The van der Waals surface area contributed by atoms with Gasteiger partial charge >= 0.3 is 0 Å². The summed E-state index contributed by atoms with van der Waals surface area (Å²) in [6.07, 6.45) is 6.25. The number of carbonyl (C=O) groups excluding carboxylic acids is 2. The third kappa shape index (κ3) is 2.26. The van der Waals surface area contributed by atoms with Gasteiger partial charge in [-0.15, -0.1) is 0 Å². The van der Waals surface area contributed by atoms with Crippen molar-refractivity contribution < 1.29 is 14.7 Å². The number of hydrogen-bond donors (Lipinski definition) is 1. The molecule has 28 heavy (non-hydrogen) atoms. The highest BCUT2D eigenvalue weighted by atomic mass is 16.3. The van der Waals surface area contributed by atoms with Gasteiger partial charge in [-0.3, -0.25) is 9.59 Å². The van der Waals surface area contributed by atoms with E-state index in [4.69, 9.17) is 0 Å². The molecule has 0 amide bonds. The van der Waals surface area contributed by atoms with Crippen LogP contribution in [0.1, 0.15) is 76.7 Å². The lowest BCUT2D eigenvalue weighted by Crippen LogP contribution is -2.65. The lowest BCUT2D eigenvalue weighted by molar-refractivity contribution is -0.211. The molecule has 150 valence electrons. The third-order valence-electron chi connectivity index (χ3n) is 9.63. The highest BCUT2D eigenvalue weighted by Crippen LogP contribution is 2.69. The molecule has 0 saturated heterocycles. The van der Waals surface area contributed by atoms with E-state index in [1.807, 2.05) is 18.2 Å². The van der Waals surface area contributed by atoms with E-state index in [1.165, 1.54) is 0 Å². The predicted molar refractivity (Wildman–Crippen MR) is 108 cm³/mol. The van der Waals surface area contributed by atoms with E-state index in [0.29, 0.717) is 30.0 Å². The SMILES string of the molecule is C[C@]12CC[C@H]3[C@@H](C[C@@H](c4ccccc4)[C@@]4(O)CC(=O)CC[C@]34C)[C@@H]1CCC2=O. The molecule has 4 aliphatic carbocycles. The summed E-state index contributed by atoms with van der Waals surface area (Å²) in [6.45, 7) is 4.46. The smallest absolute Gasteiger partial charge is 0.139 e. The Morgan fingerprint density at radius 3 is 2.46 bits per heavy atom. The van der Waals surface area contributed by atoms with E-state index in [2.05, 4.69) is 26.0 Å². The number of aliphatic hydroxyl groups is 1. The van der Waals surface area contributed by atoms with Crippen LogP contribution in [0.5, 0.6) is 0 Å². The molecule has 7 atom stereocenters. The van der Waals surface area contributed by atoms with Crippen molar-refractivity contribution in [2.45, 2.75) is 76.7 Å². The predicted octanol–water partition coefficient (Wildman–Crippen LogP) is 4.68. The van der Waals surface area contributed by atoms with Crippen molar-refractivity contribution >= 4 is 11.6 Å². The first kappa shape index (κ1) is 18.5. The van der Waals surface area contributed by atoms with Crippen LogP contribution in [-0.2, 0) is 9.59 Å². The van der Waals surface area contributed by atoms with Gasteiger partial charge < -0.3 is 5.11 Å². The Bertz CT molecular complexity index is 816. The molecule has 0 aromatic heterocycles. The summed E-state index contributed by atoms with van der Waals surface area (Å²) in [7, 11) is 0. The summed E-state index contributed by atoms with van der Waals surface area (Å²) in [5.74, 6) is 1.95. The van der Waals surface area contributed by atoms with E-state index in [1.54, 1.807) is 0 Å². The third-order valence-corrected chi connectivity index (χ3v) is 9.63. The quantitative estimate of drug-likeness (QED) is 0.770. The van der Waals surface area contributed by atoms with Gasteiger partial charge in [0.15, 0.2) is 0 Å². The Morgan fingerprint density at radius 2 is 1.71 bits per heavy atom. The molecule has 0 spiro atoms. The van der Waals surface area contributed by atoms with Crippen molar-refractivity contribution in [1.29, 1.82) is 0 Å². The molecule has 1 aromatic carbocycles. The second kappa shape index (κ2) is 6.01. The topological polar surface area (TPSA) is 54.4 Å². The second-order valence-electron chi connectivity index (χ2n) is 10.6. The van der Waals surface area contributed by atoms with Crippen LogP contribution in [0, 0.1) is 28.6 Å². The Morgan fingerprint density at radius 1 is 0.964 bits per heavy atom. The first-order chi connectivity index (χ1) is 13.3. The highest BCUT2D eigenvalue weighted by molar-refractivity contribution is 5.87. The standard InChI is InChI=1S/C25H32O3/c1-23-12-11-20-18(19(23)8-9-22(23)27)14-21(16-6-4-3-5-7-16)25(28)15-17(26)10-13-24(20,25)2/h3-7,18-21,28H,8-15H2,1-2H3/t18-,19-,20-,21-,23-,24+,25-/m0/s1. The van der Waals surface area contributed by atoms with E-state index >= 15 is 0 Å². The number of ketones is 2. The fourth-order valence-electron chi connectivity index (χ4n) is 7.98. The number of carbonyl (C=O) groups is 2. The van der Waals surface area contributed by atoms with E-state index in [-0.39, 0.29) is 29.0 Å². The summed E-state index contributed by atoms with van der Waals surface area (Å²) in [4.78, 5) is 25.2. The highest BCUT2D eigenvalue weighted by Gasteiger charge is 2.67. The normalized spacial score (nSPS) is 48.0. The molecule has 4 aliphatic rings. The van der Waals surface area contributed by atoms with Crippen LogP contribution in [0.15, 0.2) is 30.3 Å². The summed E-state index contributed by atoms with van der Waals surface area (Å²) in [6, 6.07) is 10.3. The zero-order valence-electron chi connectivity index (χ0n) is 17.1. The van der Waals surface area contributed by atoms with E-state index in [9.17, 15) is 14.7 Å². The Labute approximate surface area is 167 Å². The van der Waals surface area contributed by atoms with Crippen LogP contribution < -0.4 is 0 Å². The second-order valence-corrected chi connectivity index (χ2v) is 10.6. The molecule has 4 fully saturated rings. The van der Waals surface area contributed by atoms with Crippen LogP contribution in [-0.4, -0.2) is 22.3 Å². The van der Waals surface area contributed by atoms with Crippen molar-refractivity contribution in [3.05, 3.63) is 35.9 Å². The van der Waals surface area contributed by atoms with Crippen LogP contribution in [0.2, 0.25) is 0 Å². The van der Waals surface area contributed by atoms with Gasteiger partial charge in [-0.1, -0.05) is 44.2 Å². The van der Waals surface area contributed by atoms with Gasteiger partial charge in [0.1, 0.15) is 11.6 Å². The number of rotatable bonds is 1. The van der Waals surface area contributed by atoms with E-state index in [0.717, 1.165) is 44.1 Å². The van der Waals surface area contributed by atoms with Crippen molar-refractivity contribution in [2.75, 3.05) is 0 Å². The lowest BCUT2D eigenvalue weighted by atomic mass is 9.41.